The van der Waals surface area contributed by atoms with Crippen molar-refractivity contribution in [1.29, 1.82) is 0 Å². The Bertz CT molecular complexity index is 465. The number of hydrogen-bond donors (Lipinski definition) is 1. The Morgan fingerprint density at radius 3 is 2.38 bits per heavy atom. The van der Waals surface area contributed by atoms with Crippen molar-refractivity contribution in [3.05, 3.63) is 29.8 Å². The predicted octanol–water partition coefficient (Wildman–Crippen LogP) is 0.741. The molecule has 0 aliphatic heterocycles. The van der Waals surface area contributed by atoms with Gasteiger partial charge in [-0.25, -0.2) is 8.42 Å². The third-order valence-corrected chi connectivity index (χ3v) is 3.98. The highest BCUT2D eigenvalue weighted by Crippen LogP contribution is 2.12. The van der Waals surface area contributed by atoms with Crippen LogP contribution >= 0.6 is 12.2 Å². The van der Waals surface area contributed by atoms with E-state index in [1.165, 1.54) is 19.2 Å². The summed E-state index contributed by atoms with van der Waals surface area (Å²) in [5.41, 5.74) is 6.07. The standard InChI is InChI=1S/C10H13NO3S2/c1-14-6-7-16(12,13)9-4-2-8(3-5-9)10(11)15/h2-5H,6-7H2,1H3,(H2,11,15). The van der Waals surface area contributed by atoms with Crippen LogP contribution in [0, 0.1) is 0 Å². The van der Waals surface area contributed by atoms with Crippen LogP contribution < -0.4 is 5.73 Å². The van der Waals surface area contributed by atoms with Crippen molar-refractivity contribution < 1.29 is 13.2 Å². The van der Waals surface area contributed by atoms with Gasteiger partial charge in [-0.05, 0) is 12.1 Å². The Kier molecular flexibility index (Phi) is 4.40. The highest BCUT2D eigenvalue weighted by Gasteiger charge is 2.13. The van der Waals surface area contributed by atoms with E-state index in [4.69, 9.17) is 22.7 Å². The van der Waals surface area contributed by atoms with Crippen LogP contribution in [0.15, 0.2) is 29.2 Å². The molecular weight excluding hydrogens is 246 g/mol. The summed E-state index contributed by atoms with van der Waals surface area (Å²) in [7, 11) is -1.81. The summed E-state index contributed by atoms with van der Waals surface area (Å²) in [6, 6.07) is 6.20. The van der Waals surface area contributed by atoms with Gasteiger partial charge in [0.2, 0.25) is 0 Å². The van der Waals surface area contributed by atoms with Crippen LogP contribution in [0.3, 0.4) is 0 Å². The molecule has 0 saturated heterocycles. The summed E-state index contributed by atoms with van der Waals surface area (Å²) in [6.07, 6.45) is 0. The average Bonchev–Trinajstić information content (AvgIpc) is 2.26. The first-order valence-corrected chi connectivity index (χ1v) is 6.65. The van der Waals surface area contributed by atoms with Crippen molar-refractivity contribution in [3.8, 4) is 0 Å². The number of sulfone groups is 1. The third kappa shape index (κ3) is 3.26. The quantitative estimate of drug-likeness (QED) is 0.790. The van der Waals surface area contributed by atoms with Crippen molar-refractivity contribution in [1.82, 2.24) is 0 Å². The van der Waals surface area contributed by atoms with Crippen molar-refractivity contribution in [2.24, 2.45) is 5.73 Å². The summed E-state index contributed by atoms with van der Waals surface area (Å²) < 4.78 is 28.2. The molecule has 0 bridgehead atoms. The molecule has 4 nitrogen and oxygen atoms in total. The van der Waals surface area contributed by atoms with E-state index >= 15 is 0 Å². The molecule has 0 saturated carbocycles. The zero-order chi connectivity index (χ0) is 12.2. The molecule has 88 valence electrons. The van der Waals surface area contributed by atoms with Crippen molar-refractivity contribution in [2.75, 3.05) is 19.5 Å². The summed E-state index contributed by atoms with van der Waals surface area (Å²) in [6.45, 7) is 0.180. The maximum atomic E-state index is 11.7. The molecule has 0 fully saturated rings. The van der Waals surface area contributed by atoms with E-state index in [2.05, 4.69) is 0 Å². The lowest BCUT2D eigenvalue weighted by Gasteiger charge is -2.04. The van der Waals surface area contributed by atoms with Gasteiger partial charge in [0.25, 0.3) is 0 Å². The fourth-order valence-corrected chi connectivity index (χ4v) is 2.45. The second kappa shape index (κ2) is 5.38. The van der Waals surface area contributed by atoms with Crippen LogP contribution in [0.25, 0.3) is 0 Å². The van der Waals surface area contributed by atoms with Gasteiger partial charge in [-0.15, -0.1) is 0 Å². The van der Waals surface area contributed by atoms with E-state index in [9.17, 15) is 8.42 Å². The van der Waals surface area contributed by atoms with E-state index in [0.29, 0.717) is 5.56 Å². The number of hydrogen-bond acceptors (Lipinski definition) is 4. The second-order valence-corrected chi connectivity index (χ2v) is 5.75. The molecule has 1 rings (SSSR count). The number of ether oxygens (including phenoxy) is 1. The van der Waals surface area contributed by atoms with Crippen LogP contribution in [0.5, 0.6) is 0 Å². The molecule has 0 spiro atoms. The Morgan fingerprint density at radius 1 is 1.38 bits per heavy atom. The van der Waals surface area contributed by atoms with E-state index in [1.807, 2.05) is 0 Å². The number of nitrogens with two attached hydrogens (primary N) is 1. The van der Waals surface area contributed by atoms with Crippen LogP contribution in [0.4, 0.5) is 0 Å². The summed E-state index contributed by atoms with van der Waals surface area (Å²) in [4.78, 5) is 0.505. The lowest BCUT2D eigenvalue weighted by Crippen LogP contribution is -2.13. The fraction of sp³-hybridized carbons (Fsp3) is 0.300. The minimum Gasteiger partial charge on any atom is -0.389 e. The zero-order valence-corrected chi connectivity index (χ0v) is 10.5. The molecule has 0 heterocycles. The van der Waals surface area contributed by atoms with Gasteiger partial charge in [0.05, 0.1) is 17.3 Å². The first kappa shape index (κ1) is 13.1. The van der Waals surface area contributed by atoms with E-state index < -0.39 is 9.84 Å². The zero-order valence-electron chi connectivity index (χ0n) is 8.84. The van der Waals surface area contributed by atoms with Crippen LogP contribution in [0.1, 0.15) is 5.56 Å². The number of thiocarbonyl (C=S) groups is 1. The van der Waals surface area contributed by atoms with Gasteiger partial charge in [-0.3, -0.25) is 0 Å². The molecule has 0 aromatic heterocycles. The van der Waals surface area contributed by atoms with Gasteiger partial charge in [0.15, 0.2) is 9.84 Å². The van der Waals surface area contributed by atoms with Gasteiger partial charge in [0, 0.05) is 12.7 Å². The first-order chi connectivity index (χ1) is 7.47. The molecule has 2 N–H and O–H groups in total. The summed E-state index contributed by atoms with van der Waals surface area (Å²) in [5.74, 6) is -0.0318. The molecule has 0 unspecified atom stereocenters. The summed E-state index contributed by atoms with van der Waals surface area (Å²) in [5, 5.41) is 0. The van der Waals surface area contributed by atoms with Crippen molar-refractivity contribution in [2.45, 2.75) is 4.90 Å². The van der Waals surface area contributed by atoms with Gasteiger partial charge >= 0.3 is 0 Å². The smallest absolute Gasteiger partial charge is 0.180 e. The molecule has 0 aliphatic rings. The monoisotopic (exact) mass is 259 g/mol. The Labute approximate surface area is 100 Å². The lowest BCUT2D eigenvalue weighted by atomic mass is 10.2. The topological polar surface area (TPSA) is 69.4 Å². The first-order valence-electron chi connectivity index (χ1n) is 4.59. The third-order valence-electron chi connectivity index (χ3n) is 2.05. The summed E-state index contributed by atoms with van der Waals surface area (Å²) >= 11 is 4.78. The molecule has 1 aromatic carbocycles. The van der Waals surface area contributed by atoms with Crippen molar-refractivity contribution >= 4 is 27.0 Å². The molecule has 0 amide bonds. The SMILES string of the molecule is COCCS(=O)(=O)c1ccc(C(N)=S)cc1. The van der Waals surface area contributed by atoms with E-state index in [0.717, 1.165) is 0 Å². The Balaban J connectivity index is 2.93. The maximum absolute atomic E-state index is 11.7. The van der Waals surface area contributed by atoms with Gasteiger partial charge < -0.3 is 10.5 Å². The highest BCUT2D eigenvalue weighted by molar-refractivity contribution is 7.91. The normalized spacial score (nSPS) is 11.3. The Hall–Kier alpha value is -0.980. The molecular formula is C10H13NO3S2. The number of benzene rings is 1. The largest absolute Gasteiger partial charge is 0.389 e. The predicted molar refractivity (Wildman–Crippen MR) is 66.3 cm³/mol. The van der Waals surface area contributed by atoms with E-state index in [1.54, 1.807) is 12.1 Å². The van der Waals surface area contributed by atoms with Crippen LogP contribution in [-0.2, 0) is 14.6 Å². The molecule has 0 atom stereocenters. The molecule has 0 radical (unpaired) electrons. The average molecular weight is 259 g/mol. The number of methoxy groups -OCH3 is 1. The maximum Gasteiger partial charge on any atom is 0.180 e. The van der Waals surface area contributed by atoms with Gasteiger partial charge in [-0.1, -0.05) is 24.4 Å². The van der Waals surface area contributed by atoms with E-state index in [-0.39, 0.29) is 22.2 Å². The Morgan fingerprint density at radius 2 is 1.94 bits per heavy atom. The number of rotatable bonds is 5. The van der Waals surface area contributed by atoms with Crippen LogP contribution in [-0.4, -0.2) is 32.9 Å². The van der Waals surface area contributed by atoms with Gasteiger partial charge in [-0.2, -0.15) is 0 Å². The molecule has 1 aromatic rings. The lowest BCUT2D eigenvalue weighted by molar-refractivity contribution is 0.217. The van der Waals surface area contributed by atoms with Gasteiger partial charge in [0.1, 0.15) is 4.99 Å². The van der Waals surface area contributed by atoms with Crippen molar-refractivity contribution in [3.63, 3.8) is 0 Å². The molecule has 0 aliphatic carbocycles. The minimum absolute atomic E-state index is 0.0318. The van der Waals surface area contributed by atoms with Crippen LogP contribution in [0.2, 0.25) is 0 Å². The molecule has 16 heavy (non-hydrogen) atoms. The molecule has 6 heteroatoms. The highest BCUT2D eigenvalue weighted by atomic mass is 32.2. The minimum atomic E-state index is -3.27. The fourth-order valence-electron chi connectivity index (χ4n) is 1.14. The second-order valence-electron chi connectivity index (χ2n) is 3.20.